The molecule has 4 nitrogen and oxygen atoms in total. The van der Waals surface area contributed by atoms with Crippen molar-refractivity contribution < 1.29 is 14.9 Å². The summed E-state index contributed by atoms with van der Waals surface area (Å²) in [6, 6.07) is 10.3. The van der Waals surface area contributed by atoms with Gasteiger partial charge in [0.15, 0.2) is 0 Å². The molecule has 0 radical (unpaired) electrons. The van der Waals surface area contributed by atoms with E-state index in [1.807, 2.05) is 6.07 Å². The highest BCUT2D eigenvalue weighted by molar-refractivity contribution is 5.48. The van der Waals surface area contributed by atoms with Crippen LogP contribution in [-0.2, 0) is 4.74 Å². The average Bonchev–Trinajstić information content (AvgIpc) is 2.60. The molecule has 0 unspecified atom stereocenters. The number of nitrogens with zero attached hydrogens (tertiary/aromatic N) is 1. The molecule has 2 atom stereocenters. The molecule has 0 amide bonds. The minimum atomic E-state index is -0.242. The van der Waals surface area contributed by atoms with Crippen molar-refractivity contribution >= 4 is 6.08 Å². The van der Waals surface area contributed by atoms with Gasteiger partial charge in [-0.15, -0.1) is 0 Å². The molecule has 2 N–H and O–H groups in total. The highest BCUT2D eigenvalue weighted by Crippen LogP contribution is 2.50. The van der Waals surface area contributed by atoms with Gasteiger partial charge in [-0.05, 0) is 31.5 Å². The monoisotopic (exact) mass is 317 g/mol. The third-order valence-electron chi connectivity index (χ3n) is 5.41. The summed E-state index contributed by atoms with van der Waals surface area (Å²) >= 11 is 0. The predicted molar refractivity (Wildman–Crippen MR) is 91.0 cm³/mol. The van der Waals surface area contributed by atoms with Crippen molar-refractivity contribution in [2.75, 3.05) is 32.8 Å². The number of hydrogen-bond donors (Lipinski definition) is 2. The van der Waals surface area contributed by atoms with E-state index in [-0.39, 0.29) is 24.2 Å². The van der Waals surface area contributed by atoms with Crippen molar-refractivity contribution in [1.29, 1.82) is 0 Å². The number of ether oxygens (including phenoxy) is 1. The zero-order valence-corrected chi connectivity index (χ0v) is 13.6. The Hall–Kier alpha value is -1.20. The maximum Gasteiger partial charge on any atom is 0.0701 e. The summed E-state index contributed by atoms with van der Waals surface area (Å²) in [5.41, 5.74) is 1.15. The lowest BCUT2D eigenvalue weighted by molar-refractivity contribution is -0.212. The first kappa shape index (κ1) is 16.7. The Labute approximate surface area is 138 Å². The first-order valence-corrected chi connectivity index (χ1v) is 8.59. The normalized spacial score (nSPS) is 27.4. The molecule has 1 aromatic carbocycles. The second-order valence-corrected chi connectivity index (χ2v) is 6.68. The fourth-order valence-electron chi connectivity index (χ4n) is 3.86. The van der Waals surface area contributed by atoms with Crippen molar-refractivity contribution in [2.24, 2.45) is 5.41 Å². The molecular formula is C19H27NO3. The predicted octanol–water partition coefficient (Wildman–Crippen LogP) is 1.92. The second-order valence-electron chi connectivity index (χ2n) is 6.68. The third-order valence-corrected chi connectivity index (χ3v) is 5.41. The van der Waals surface area contributed by atoms with Gasteiger partial charge >= 0.3 is 0 Å². The minimum absolute atomic E-state index is 0.0546. The van der Waals surface area contributed by atoms with E-state index in [2.05, 4.69) is 41.3 Å². The van der Waals surface area contributed by atoms with Crippen LogP contribution in [0.3, 0.4) is 0 Å². The molecule has 1 saturated heterocycles. The second kappa shape index (κ2) is 7.58. The van der Waals surface area contributed by atoms with Crippen molar-refractivity contribution in [3.05, 3.63) is 42.0 Å². The van der Waals surface area contributed by atoms with E-state index in [0.717, 1.165) is 32.5 Å². The Kier molecular flexibility index (Phi) is 5.49. The van der Waals surface area contributed by atoms with E-state index in [1.54, 1.807) is 0 Å². The summed E-state index contributed by atoms with van der Waals surface area (Å²) in [6.07, 6.45) is 6.92. The van der Waals surface area contributed by atoms with Crippen LogP contribution in [0.15, 0.2) is 36.4 Å². The first-order valence-electron chi connectivity index (χ1n) is 8.59. The van der Waals surface area contributed by atoms with Crippen molar-refractivity contribution in [2.45, 2.75) is 31.5 Å². The zero-order valence-electron chi connectivity index (χ0n) is 13.6. The van der Waals surface area contributed by atoms with E-state index in [0.29, 0.717) is 13.0 Å². The summed E-state index contributed by atoms with van der Waals surface area (Å²) < 4.78 is 5.72. The molecule has 2 aliphatic rings. The van der Waals surface area contributed by atoms with E-state index >= 15 is 0 Å². The van der Waals surface area contributed by atoms with Gasteiger partial charge in [0.2, 0.25) is 0 Å². The molecule has 0 bridgehead atoms. The van der Waals surface area contributed by atoms with Crippen LogP contribution in [0.2, 0.25) is 0 Å². The van der Waals surface area contributed by atoms with Crippen LogP contribution in [0.5, 0.6) is 0 Å². The first-order chi connectivity index (χ1) is 11.2. The Morgan fingerprint density at radius 3 is 2.61 bits per heavy atom. The maximum atomic E-state index is 10.2. The largest absolute Gasteiger partial charge is 0.394 e. The lowest BCUT2D eigenvalue weighted by Crippen LogP contribution is -2.62. The number of piperidine rings is 1. The summed E-state index contributed by atoms with van der Waals surface area (Å²) in [4.78, 5) is 2.43. The van der Waals surface area contributed by atoms with Gasteiger partial charge in [0, 0.05) is 18.4 Å². The molecule has 23 heavy (non-hydrogen) atoms. The van der Waals surface area contributed by atoms with Crippen LogP contribution in [0.25, 0.3) is 6.08 Å². The van der Waals surface area contributed by atoms with Gasteiger partial charge in [0.05, 0.1) is 25.4 Å². The average molecular weight is 317 g/mol. The molecule has 2 fully saturated rings. The van der Waals surface area contributed by atoms with Crippen LogP contribution in [-0.4, -0.2) is 60.2 Å². The van der Waals surface area contributed by atoms with Crippen LogP contribution in [0, 0.1) is 5.41 Å². The molecule has 1 aromatic rings. The maximum absolute atomic E-state index is 10.2. The van der Waals surface area contributed by atoms with E-state index < -0.39 is 0 Å². The Bertz CT molecular complexity index is 509. The van der Waals surface area contributed by atoms with Crippen LogP contribution < -0.4 is 0 Å². The van der Waals surface area contributed by atoms with Gasteiger partial charge in [-0.3, -0.25) is 4.90 Å². The molecule has 1 heterocycles. The zero-order chi connectivity index (χ0) is 16.1. The number of likely N-dealkylation sites (tertiary alicyclic amines) is 1. The third kappa shape index (κ3) is 3.66. The van der Waals surface area contributed by atoms with Crippen molar-refractivity contribution in [3.63, 3.8) is 0 Å². The Morgan fingerprint density at radius 2 is 1.96 bits per heavy atom. The molecule has 1 aliphatic heterocycles. The summed E-state index contributed by atoms with van der Waals surface area (Å²) in [6.45, 7) is 3.37. The molecular weight excluding hydrogens is 290 g/mol. The van der Waals surface area contributed by atoms with Gasteiger partial charge in [-0.1, -0.05) is 42.5 Å². The minimum Gasteiger partial charge on any atom is -0.394 e. The molecule has 3 rings (SSSR count). The smallest absolute Gasteiger partial charge is 0.0701 e. The number of aliphatic hydroxyl groups excluding tert-OH is 2. The van der Waals surface area contributed by atoms with Crippen LogP contribution in [0.1, 0.15) is 24.8 Å². The van der Waals surface area contributed by atoms with E-state index in [1.165, 1.54) is 5.56 Å². The fourth-order valence-corrected chi connectivity index (χ4v) is 3.86. The SMILES string of the molecule is OCCO[C@H]1C[C@@H](O)C12CCN(C/C=C/c1ccccc1)CC2. The standard InChI is InChI=1S/C19H27NO3/c21-13-14-23-18-15-17(22)19(18)8-11-20(12-9-19)10-4-7-16-5-2-1-3-6-16/h1-7,17-18,21-22H,8-15H2/b7-4+/t17-,18+/m1/s1. The molecule has 1 aliphatic carbocycles. The van der Waals surface area contributed by atoms with Crippen molar-refractivity contribution in [3.8, 4) is 0 Å². The quantitative estimate of drug-likeness (QED) is 0.842. The number of rotatable bonds is 6. The fraction of sp³-hybridized carbons (Fsp3) is 0.579. The molecule has 1 spiro atoms. The molecule has 0 aromatic heterocycles. The molecule has 1 saturated carbocycles. The van der Waals surface area contributed by atoms with Gasteiger partial charge in [-0.2, -0.15) is 0 Å². The van der Waals surface area contributed by atoms with Gasteiger partial charge in [-0.25, -0.2) is 0 Å². The van der Waals surface area contributed by atoms with Gasteiger partial charge in [0.1, 0.15) is 0 Å². The lowest BCUT2D eigenvalue weighted by atomic mass is 9.58. The Morgan fingerprint density at radius 1 is 1.22 bits per heavy atom. The summed E-state index contributed by atoms with van der Waals surface area (Å²) in [7, 11) is 0. The van der Waals surface area contributed by atoms with E-state index in [9.17, 15) is 5.11 Å². The molecule has 126 valence electrons. The summed E-state index contributed by atoms with van der Waals surface area (Å²) in [5.74, 6) is 0. The molecule has 4 heteroatoms. The van der Waals surface area contributed by atoms with E-state index in [4.69, 9.17) is 9.84 Å². The summed E-state index contributed by atoms with van der Waals surface area (Å²) in [5, 5.41) is 19.1. The highest BCUT2D eigenvalue weighted by Gasteiger charge is 2.55. The number of benzene rings is 1. The Balaban J connectivity index is 1.47. The van der Waals surface area contributed by atoms with Crippen molar-refractivity contribution in [1.82, 2.24) is 4.90 Å². The van der Waals surface area contributed by atoms with Crippen LogP contribution in [0.4, 0.5) is 0 Å². The topological polar surface area (TPSA) is 52.9 Å². The van der Waals surface area contributed by atoms with Gasteiger partial charge < -0.3 is 14.9 Å². The highest BCUT2D eigenvalue weighted by atomic mass is 16.5. The number of hydrogen-bond acceptors (Lipinski definition) is 4. The van der Waals surface area contributed by atoms with Crippen LogP contribution >= 0.6 is 0 Å². The lowest BCUT2D eigenvalue weighted by Gasteiger charge is -2.56. The number of aliphatic hydroxyl groups is 2. The van der Waals surface area contributed by atoms with Gasteiger partial charge in [0.25, 0.3) is 0 Å².